The van der Waals surface area contributed by atoms with E-state index in [0.717, 1.165) is 17.9 Å². The third kappa shape index (κ3) is 2.34. The summed E-state index contributed by atoms with van der Waals surface area (Å²) < 4.78 is 7.19. The largest absolute Gasteiger partial charge is 0.466 e. The molecule has 6 atom stereocenters. The average Bonchev–Trinajstić information content (AvgIpc) is 3.03. The Morgan fingerprint density at radius 2 is 2.00 bits per heavy atom. The highest BCUT2D eigenvalue weighted by Gasteiger charge is 2.59. The maximum Gasteiger partial charge on any atom is 0.311 e. The Labute approximate surface area is 157 Å². The maximum atomic E-state index is 12.8. The number of carbonyl (C=O) groups is 1. The van der Waals surface area contributed by atoms with Crippen LogP contribution in [0.1, 0.15) is 32.6 Å². The van der Waals surface area contributed by atoms with Crippen LogP contribution < -0.4 is 5.32 Å². The van der Waals surface area contributed by atoms with Crippen molar-refractivity contribution in [3.8, 4) is 0 Å². The summed E-state index contributed by atoms with van der Waals surface area (Å²) >= 11 is 6.11. The van der Waals surface area contributed by atoms with Crippen molar-refractivity contribution in [1.82, 2.24) is 14.6 Å². The molecule has 0 amide bonds. The molecule has 2 heterocycles. The number of nitrogens with zero attached hydrogens (tertiary/aromatic N) is 3. The van der Waals surface area contributed by atoms with Crippen molar-refractivity contribution in [2.45, 2.75) is 38.6 Å². The lowest BCUT2D eigenvalue weighted by molar-refractivity contribution is -0.166. The van der Waals surface area contributed by atoms with Crippen molar-refractivity contribution in [2.24, 2.45) is 29.6 Å². The van der Waals surface area contributed by atoms with Gasteiger partial charge in [-0.25, -0.2) is 4.52 Å². The maximum absolute atomic E-state index is 12.8. The van der Waals surface area contributed by atoms with Crippen LogP contribution in [0.3, 0.4) is 0 Å². The van der Waals surface area contributed by atoms with Crippen LogP contribution in [0.2, 0.25) is 5.28 Å². The van der Waals surface area contributed by atoms with E-state index in [1.54, 1.807) is 4.52 Å². The molecule has 0 radical (unpaired) electrons. The van der Waals surface area contributed by atoms with Crippen LogP contribution >= 0.6 is 11.6 Å². The Bertz CT molecular complexity index is 853. The zero-order valence-electron chi connectivity index (χ0n) is 14.8. The van der Waals surface area contributed by atoms with Crippen LogP contribution in [0.4, 0.5) is 5.82 Å². The summed E-state index contributed by atoms with van der Waals surface area (Å²) in [6.45, 7) is 2.30. The number of anilines is 1. The van der Waals surface area contributed by atoms with Gasteiger partial charge < -0.3 is 10.1 Å². The van der Waals surface area contributed by atoms with Gasteiger partial charge in [0.1, 0.15) is 5.52 Å². The minimum atomic E-state index is -0.0981. The molecule has 0 saturated heterocycles. The van der Waals surface area contributed by atoms with E-state index in [9.17, 15) is 4.79 Å². The summed E-state index contributed by atoms with van der Waals surface area (Å²) in [4.78, 5) is 17.2. The highest BCUT2D eigenvalue weighted by Crippen LogP contribution is 2.60. The van der Waals surface area contributed by atoms with Gasteiger partial charge in [0, 0.05) is 12.2 Å². The molecule has 0 aliphatic heterocycles. The van der Waals surface area contributed by atoms with Gasteiger partial charge in [-0.05, 0) is 80.0 Å². The number of carbonyl (C=O) groups excluding carboxylic acids is 1. The van der Waals surface area contributed by atoms with Gasteiger partial charge in [0.25, 0.3) is 0 Å². The molecule has 4 saturated carbocycles. The van der Waals surface area contributed by atoms with Crippen LogP contribution in [-0.4, -0.2) is 33.2 Å². The van der Waals surface area contributed by atoms with Crippen LogP contribution in [0.25, 0.3) is 5.52 Å². The normalized spacial score (nSPS) is 35.0. The first-order chi connectivity index (χ1) is 12.7. The molecule has 4 fully saturated rings. The van der Waals surface area contributed by atoms with Crippen LogP contribution in [0.5, 0.6) is 0 Å². The number of hydrogen-bond acceptors (Lipinski definition) is 5. The Kier molecular flexibility index (Phi) is 3.85. The van der Waals surface area contributed by atoms with E-state index < -0.39 is 0 Å². The Morgan fingerprint density at radius 1 is 1.27 bits per heavy atom. The molecular weight excluding hydrogens is 352 g/mol. The molecule has 6 nitrogen and oxygen atoms in total. The molecule has 1 N–H and O–H groups in total. The molecule has 4 aliphatic rings. The third-order valence-corrected chi connectivity index (χ3v) is 7.01. The summed E-state index contributed by atoms with van der Waals surface area (Å²) in [6, 6.07) is 3.94. The zero-order chi connectivity index (χ0) is 17.8. The number of halogens is 1. The molecule has 0 aromatic carbocycles. The first-order valence-corrected chi connectivity index (χ1v) is 9.99. The van der Waals surface area contributed by atoms with E-state index >= 15 is 0 Å². The topological polar surface area (TPSA) is 68.5 Å². The van der Waals surface area contributed by atoms with Gasteiger partial charge in [0.15, 0.2) is 5.82 Å². The molecule has 138 valence electrons. The molecule has 26 heavy (non-hydrogen) atoms. The lowest BCUT2D eigenvalue weighted by atomic mass is 9.46. The Hall–Kier alpha value is -1.82. The van der Waals surface area contributed by atoms with Crippen LogP contribution in [0, 0.1) is 29.6 Å². The molecular formula is C19H23ClN4O2. The lowest BCUT2D eigenvalue weighted by Gasteiger charge is -2.61. The summed E-state index contributed by atoms with van der Waals surface area (Å²) in [5, 5.41) is 8.00. The van der Waals surface area contributed by atoms with Crippen LogP contribution in [0.15, 0.2) is 18.3 Å². The molecule has 2 aromatic rings. The van der Waals surface area contributed by atoms with Gasteiger partial charge in [-0.15, -0.1) is 5.10 Å². The molecule has 2 bridgehead atoms. The monoisotopic (exact) mass is 374 g/mol. The van der Waals surface area contributed by atoms with Gasteiger partial charge in [0.2, 0.25) is 5.28 Å². The van der Waals surface area contributed by atoms with Crippen molar-refractivity contribution < 1.29 is 9.53 Å². The van der Waals surface area contributed by atoms with E-state index in [0.29, 0.717) is 30.2 Å². The van der Waals surface area contributed by atoms with E-state index in [1.165, 1.54) is 19.3 Å². The van der Waals surface area contributed by atoms with Gasteiger partial charge in [-0.1, -0.05) is 0 Å². The Morgan fingerprint density at radius 3 is 2.77 bits per heavy atom. The fraction of sp³-hybridized carbons (Fsp3) is 0.632. The highest BCUT2D eigenvalue weighted by atomic mass is 35.5. The number of hydrogen-bond donors (Lipinski definition) is 1. The second-order valence-electron chi connectivity index (χ2n) is 7.83. The van der Waals surface area contributed by atoms with E-state index in [2.05, 4.69) is 15.4 Å². The van der Waals surface area contributed by atoms with Crippen molar-refractivity contribution in [2.75, 3.05) is 11.9 Å². The van der Waals surface area contributed by atoms with Crippen LogP contribution in [-0.2, 0) is 9.53 Å². The van der Waals surface area contributed by atoms with Gasteiger partial charge in [0.05, 0.1) is 12.5 Å². The minimum Gasteiger partial charge on any atom is -0.466 e. The van der Waals surface area contributed by atoms with Gasteiger partial charge in [-0.2, -0.15) is 4.98 Å². The molecule has 6 rings (SSSR count). The zero-order valence-corrected chi connectivity index (χ0v) is 15.5. The molecule has 7 heteroatoms. The molecule has 2 aromatic heterocycles. The lowest BCUT2D eigenvalue weighted by Crippen LogP contribution is -2.62. The second kappa shape index (κ2) is 6.12. The SMILES string of the molecule is CCOC(=O)[C@@H]1C(Nc2nc(Cl)nn3cccc23)[C@@H]2CC[C@H]1C1CCC12. The van der Waals surface area contributed by atoms with Gasteiger partial charge >= 0.3 is 5.97 Å². The summed E-state index contributed by atoms with van der Waals surface area (Å²) in [6.07, 6.45) is 6.71. The molecule has 0 spiro atoms. The predicted molar refractivity (Wildman–Crippen MR) is 98.0 cm³/mol. The summed E-state index contributed by atoms with van der Waals surface area (Å²) in [5.74, 6) is 2.90. The van der Waals surface area contributed by atoms with Crippen molar-refractivity contribution in [3.63, 3.8) is 0 Å². The first-order valence-electron chi connectivity index (χ1n) is 9.61. The van der Waals surface area contributed by atoms with Gasteiger partial charge in [-0.3, -0.25) is 4.79 Å². The smallest absolute Gasteiger partial charge is 0.311 e. The number of fused-ring (bicyclic) bond motifs is 3. The minimum absolute atomic E-state index is 0.0546. The van der Waals surface area contributed by atoms with E-state index in [-0.39, 0.29) is 23.2 Å². The second-order valence-corrected chi connectivity index (χ2v) is 8.16. The predicted octanol–water partition coefficient (Wildman–Crippen LogP) is 3.41. The highest BCUT2D eigenvalue weighted by molar-refractivity contribution is 6.28. The van der Waals surface area contributed by atoms with Crippen molar-refractivity contribution in [1.29, 1.82) is 0 Å². The molecule has 3 unspecified atom stereocenters. The number of nitrogens with one attached hydrogen (secondary N) is 1. The number of rotatable bonds is 4. The first kappa shape index (κ1) is 16.4. The third-order valence-electron chi connectivity index (χ3n) is 6.85. The van der Waals surface area contributed by atoms with E-state index in [1.807, 2.05) is 25.3 Å². The number of esters is 1. The summed E-state index contributed by atoms with van der Waals surface area (Å²) in [7, 11) is 0. The van der Waals surface area contributed by atoms with Crippen molar-refractivity contribution >= 4 is 28.9 Å². The fourth-order valence-corrected chi connectivity index (χ4v) is 5.95. The molecule has 4 aliphatic carbocycles. The number of aromatic nitrogens is 3. The van der Waals surface area contributed by atoms with E-state index in [4.69, 9.17) is 16.3 Å². The van der Waals surface area contributed by atoms with Crippen molar-refractivity contribution in [3.05, 3.63) is 23.6 Å². The summed E-state index contributed by atoms with van der Waals surface area (Å²) in [5.41, 5.74) is 0.878. The number of ether oxygens (including phenoxy) is 1. The quantitative estimate of drug-likeness (QED) is 0.830. The Balaban J connectivity index is 1.52. The standard InChI is InChI=1S/C19H23ClN4O2/c1-2-26-18(25)15-12-7-8-13(11-6-5-10(11)12)16(15)21-17-14-4-3-9-24(14)23-19(20)22-17/h3-4,9-13,15-16H,2,5-8H2,1H3,(H,21,22,23)/t10?,11?,12-,13+,15-,16?/m0/s1. The average molecular weight is 375 g/mol. The fourth-order valence-electron chi connectivity index (χ4n) is 5.78.